The summed E-state index contributed by atoms with van der Waals surface area (Å²) in [6, 6.07) is 1.87. The maximum atomic E-state index is 5.91. The molecule has 2 saturated carbocycles. The number of nitrogens with one attached hydrogen (secondary N) is 1. The van der Waals surface area contributed by atoms with Crippen molar-refractivity contribution in [1.82, 2.24) is 10.3 Å². The molecule has 2 aliphatic rings. The molecule has 88 valence electrons. The van der Waals surface area contributed by atoms with Gasteiger partial charge in [0, 0.05) is 35.1 Å². The summed E-state index contributed by atoms with van der Waals surface area (Å²) in [5.74, 6) is 0.739. The molecular weight excluding hydrogens is 218 g/mol. The summed E-state index contributed by atoms with van der Waals surface area (Å²) in [5, 5.41) is 3.78. The molecule has 0 amide bonds. The molecule has 0 aliphatic heterocycles. The van der Waals surface area contributed by atoms with E-state index in [-0.39, 0.29) is 0 Å². The van der Waals surface area contributed by atoms with Crippen LogP contribution in [-0.4, -0.2) is 23.1 Å². The Bertz CT molecular complexity index is 330. The zero-order chi connectivity index (χ0) is 11.0. The number of aromatic nitrogens is 1. The number of nitrogens with two attached hydrogens (primary N) is 1. The van der Waals surface area contributed by atoms with Crippen molar-refractivity contribution in [3.63, 3.8) is 0 Å². The zero-order valence-electron chi connectivity index (χ0n) is 9.43. The van der Waals surface area contributed by atoms with E-state index in [4.69, 9.17) is 5.73 Å². The van der Waals surface area contributed by atoms with E-state index in [2.05, 4.69) is 10.3 Å². The predicted molar refractivity (Wildman–Crippen MR) is 66.6 cm³/mol. The van der Waals surface area contributed by atoms with Gasteiger partial charge in [0.25, 0.3) is 0 Å². The van der Waals surface area contributed by atoms with Gasteiger partial charge in [-0.25, -0.2) is 0 Å². The minimum atomic E-state index is 0.453. The lowest BCUT2D eigenvalue weighted by atomic mass is 9.92. The topological polar surface area (TPSA) is 50.9 Å². The van der Waals surface area contributed by atoms with Gasteiger partial charge in [-0.15, -0.1) is 11.3 Å². The van der Waals surface area contributed by atoms with Crippen molar-refractivity contribution in [2.24, 2.45) is 5.73 Å². The second-order valence-electron chi connectivity index (χ2n) is 5.13. The first-order chi connectivity index (χ1) is 7.83. The van der Waals surface area contributed by atoms with Crippen molar-refractivity contribution in [3.05, 3.63) is 16.6 Å². The lowest BCUT2D eigenvalue weighted by Crippen LogP contribution is -2.38. The van der Waals surface area contributed by atoms with E-state index in [9.17, 15) is 0 Å². The minimum Gasteiger partial charge on any atom is -0.328 e. The number of thiazole rings is 1. The van der Waals surface area contributed by atoms with E-state index in [1.165, 1.54) is 37.0 Å². The molecule has 0 saturated heterocycles. The Morgan fingerprint density at radius 3 is 2.81 bits per heavy atom. The van der Waals surface area contributed by atoms with Crippen molar-refractivity contribution in [1.29, 1.82) is 0 Å². The molecule has 16 heavy (non-hydrogen) atoms. The maximum absolute atomic E-state index is 5.91. The molecule has 0 radical (unpaired) electrons. The third kappa shape index (κ3) is 2.29. The van der Waals surface area contributed by atoms with Crippen LogP contribution in [0.5, 0.6) is 0 Å². The zero-order valence-corrected chi connectivity index (χ0v) is 10.2. The summed E-state index contributed by atoms with van der Waals surface area (Å²) >= 11 is 1.79. The molecule has 3 nitrogen and oxygen atoms in total. The molecule has 3 rings (SSSR count). The van der Waals surface area contributed by atoms with E-state index in [0.29, 0.717) is 18.1 Å². The molecular formula is C12H19N3S. The van der Waals surface area contributed by atoms with Gasteiger partial charge in [0.2, 0.25) is 0 Å². The quantitative estimate of drug-likeness (QED) is 0.843. The van der Waals surface area contributed by atoms with Crippen molar-refractivity contribution in [2.75, 3.05) is 0 Å². The van der Waals surface area contributed by atoms with Crippen LogP contribution in [0.25, 0.3) is 0 Å². The summed E-state index contributed by atoms with van der Waals surface area (Å²) < 4.78 is 0. The molecule has 0 bridgehead atoms. The average Bonchev–Trinajstić information content (AvgIpc) is 2.85. The lowest BCUT2D eigenvalue weighted by Gasteiger charge is -2.27. The highest BCUT2D eigenvalue weighted by molar-refractivity contribution is 7.09. The van der Waals surface area contributed by atoms with Crippen LogP contribution in [0.3, 0.4) is 0 Å². The monoisotopic (exact) mass is 237 g/mol. The van der Waals surface area contributed by atoms with Gasteiger partial charge in [0.1, 0.15) is 0 Å². The van der Waals surface area contributed by atoms with E-state index in [1.54, 1.807) is 11.3 Å². The highest BCUT2D eigenvalue weighted by Gasteiger charge is 2.40. The van der Waals surface area contributed by atoms with Crippen LogP contribution in [0.2, 0.25) is 0 Å². The molecule has 0 aromatic carbocycles. The smallest absolute Gasteiger partial charge is 0.0794 e. The Kier molecular flexibility index (Phi) is 2.96. The Hall–Kier alpha value is -0.450. The Morgan fingerprint density at radius 2 is 2.12 bits per heavy atom. The Morgan fingerprint density at radius 1 is 1.31 bits per heavy atom. The van der Waals surface area contributed by atoms with Gasteiger partial charge >= 0.3 is 0 Å². The maximum Gasteiger partial charge on any atom is 0.0794 e. The van der Waals surface area contributed by atoms with Crippen LogP contribution in [-0.2, 0) is 0 Å². The second-order valence-corrected chi connectivity index (χ2v) is 6.05. The van der Waals surface area contributed by atoms with Gasteiger partial charge in [-0.2, -0.15) is 0 Å². The molecule has 2 fully saturated rings. The molecule has 2 atom stereocenters. The van der Waals surface area contributed by atoms with Gasteiger partial charge in [-0.3, -0.25) is 4.98 Å². The lowest BCUT2D eigenvalue weighted by molar-refractivity contribution is 0.340. The predicted octanol–water partition coefficient (Wildman–Crippen LogP) is 1.86. The average molecular weight is 237 g/mol. The van der Waals surface area contributed by atoms with Crippen molar-refractivity contribution in [3.8, 4) is 0 Å². The molecule has 2 aliphatic carbocycles. The van der Waals surface area contributed by atoms with Crippen LogP contribution in [0.15, 0.2) is 11.7 Å². The number of hydrogen-bond donors (Lipinski definition) is 2. The standard InChI is InChI=1S/C12H19N3S/c13-8-1-3-9(4-2-8)15-11-5-10(11)12-6-14-7-16-12/h6-11,15H,1-5,13H2. The van der Waals surface area contributed by atoms with Crippen molar-refractivity contribution < 1.29 is 0 Å². The third-order valence-electron chi connectivity index (χ3n) is 3.83. The largest absolute Gasteiger partial charge is 0.328 e. The molecule has 4 heteroatoms. The third-order valence-corrected chi connectivity index (χ3v) is 4.74. The van der Waals surface area contributed by atoms with Gasteiger partial charge in [-0.05, 0) is 32.1 Å². The number of rotatable bonds is 3. The molecule has 1 aromatic heterocycles. The van der Waals surface area contributed by atoms with Crippen LogP contribution in [0.1, 0.15) is 42.9 Å². The Labute approximate surface area is 100 Å². The van der Waals surface area contributed by atoms with Gasteiger partial charge in [0.15, 0.2) is 0 Å². The van der Waals surface area contributed by atoms with Crippen LogP contribution in [0.4, 0.5) is 0 Å². The van der Waals surface area contributed by atoms with Gasteiger partial charge in [0.05, 0.1) is 5.51 Å². The summed E-state index contributed by atoms with van der Waals surface area (Å²) in [4.78, 5) is 5.60. The highest BCUT2D eigenvalue weighted by atomic mass is 32.1. The molecule has 1 heterocycles. The summed E-state index contributed by atoms with van der Waals surface area (Å²) in [7, 11) is 0. The number of hydrogen-bond acceptors (Lipinski definition) is 4. The van der Waals surface area contributed by atoms with Crippen molar-refractivity contribution >= 4 is 11.3 Å². The van der Waals surface area contributed by atoms with Crippen molar-refractivity contribution in [2.45, 2.75) is 56.1 Å². The van der Waals surface area contributed by atoms with Crippen LogP contribution in [0, 0.1) is 0 Å². The van der Waals surface area contributed by atoms with E-state index >= 15 is 0 Å². The fourth-order valence-corrected chi connectivity index (χ4v) is 3.49. The van der Waals surface area contributed by atoms with Crippen LogP contribution < -0.4 is 11.1 Å². The van der Waals surface area contributed by atoms with Gasteiger partial charge in [-0.1, -0.05) is 0 Å². The fraction of sp³-hybridized carbons (Fsp3) is 0.750. The van der Waals surface area contributed by atoms with E-state index < -0.39 is 0 Å². The number of nitrogens with zero attached hydrogens (tertiary/aromatic N) is 1. The highest BCUT2D eigenvalue weighted by Crippen LogP contribution is 2.43. The minimum absolute atomic E-state index is 0.453. The molecule has 1 aromatic rings. The SMILES string of the molecule is NC1CCC(NC2CC2c2cncs2)CC1. The molecule has 3 N–H and O–H groups in total. The van der Waals surface area contributed by atoms with E-state index in [0.717, 1.165) is 5.92 Å². The molecule has 0 spiro atoms. The van der Waals surface area contributed by atoms with Gasteiger partial charge < -0.3 is 11.1 Å². The first-order valence-corrected chi connectivity index (χ1v) is 7.11. The first-order valence-electron chi connectivity index (χ1n) is 6.23. The van der Waals surface area contributed by atoms with Crippen LogP contribution >= 0.6 is 11.3 Å². The Balaban J connectivity index is 1.47. The second kappa shape index (κ2) is 4.43. The normalized spacial score (nSPS) is 38.6. The first kappa shape index (κ1) is 10.7. The fourth-order valence-electron chi connectivity index (χ4n) is 2.69. The summed E-state index contributed by atoms with van der Waals surface area (Å²) in [5.41, 5.74) is 7.85. The summed E-state index contributed by atoms with van der Waals surface area (Å²) in [6.07, 6.45) is 8.21. The summed E-state index contributed by atoms with van der Waals surface area (Å²) in [6.45, 7) is 0. The van der Waals surface area contributed by atoms with E-state index in [1.807, 2.05) is 11.7 Å². The molecule has 2 unspecified atom stereocenters.